The fourth-order valence-corrected chi connectivity index (χ4v) is 17.6. The van der Waals surface area contributed by atoms with Crippen LogP contribution in [0.2, 0.25) is 25.7 Å². The van der Waals surface area contributed by atoms with Gasteiger partial charge in [0.15, 0.2) is 20.8 Å². The summed E-state index contributed by atoms with van der Waals surface area (Å²) in [5.74, 6) is -1.09. The summed E-state index contributed by atoms with van der Waals surface area (Å²) in [6.45, 7) is 17.9. The van der Waals surface area contributed by atoms with Crippen molar-refractivity contribution in [2.75, 3.05) is 13.2 Å². The van der Waals surface area contributed by atoms with Crippen molar-refractivity contribution in [1.82, 2.24) is 0 Å². The Bertz CT molecular complexity index is 663. The van der Waals surface area contributed by atoms with Gasteiger partial charge in [0.25, 0.3) is 0 Å². The van der Waals surface area contributed by atoms with Crippen LogP contribution in [0.4, 0.5) is 0 Å². The zero-order chi connectivity index (χ0) is 25.2. The molecule has 2 unspecified atom stereocenters. The first-order valence-electron chi connectivity index (χ1n) is 12.7. The molecule has 0 aromatic rings. The lowest BCUT2D eigenvalue weighted by atomic mass is 10.1. The number of esters is 2. The van der Waals surface area contributed by atoms with Gasteiger partial charge in [0.1, 0.15) is 0 Å². The van der Waals surface area contributed by atoms with E-state index in [9.17, 15) is 9.59 Å². The van der Waals surface area contributed by atoms with Crippen LogP contribution in [0.3, 0.4) is 0 Å². The molecule has 0 spiro atoms. The molecule has 1 fully saturated rings. The van der Waals surface area contributed by atoms with Gasteiger partial charge in [-0.2, -0.15) is 0 Å². The molecule has 6 nitrogen and oxygen atoms in total. The number of rotatable bonds is 14. The minimum absolute atomic E-state index is 0.169. The predicted octanol–water partition coefficient (Wildman–Crippen LogP) is 6.23. The first-order valence-corrected chi connectivity index (χ1v) is 19.4. The van der Waals surface area contributed by atoms with Crippen LogP contribution in [0.5, 0.6) is 0 Å². The molecule has 0 amide bonds. The molecule has 0 bridgehead atoms. The van der Waals surface area contributed by atoms with E-state index in [1.165, 1.54) is 19.3 Å². The van der Waals surface area contributed by atoms with Crippen LogP contribution in [0.1, 0.15) is 86.0 Å². The summed E-state index contributed by atoms with van der Waals surface area (Å²) in [5.41, 5.74) is -1.18. The van der Waals surface area contributed by atoms with Gasteiger partial charge in [0, 0.05) is 12.2 Å². The highest BCUT2D eigenvalue weighted by Gasteiger charge is 2.65. The van der Waals surface area contributed by atoms with Crippen LogP contribution in [-0.2, 0) is 28.2 Å². The van der Waals surface area contributed by atoms with Crippen molar-refractivity contribution in [2.24, 2.45) is 0 Å². The largest absolute Gasteiger partial charge is 0.463 e. The Balaban J connectivity index is 2.74. The van der Waals surface area contributed by atoms with Crippen molar-refractivity contribution in [1.29, 1.82) is 0 Å². The molecular formula is C25H48O6Si2. The van der Waals surface area contributed by atoms with Crippen LogP contribution in [0, 0.1) is 0 Å². The Morgan fingerprint density at radius 1 is 0.939 bits per heavy atom. The molecule has 33 heavy (non-hydrogen) atoms. The van der Waals surface area contributed by atoms with E-state index in [-0.39, 0.29) is 5.60 Å². The lowest BCUT2D eigenvalue weighted by Gasteiger charge is -2.56. The van der Waals surface area contributed by atoms with Crippen molar-refractivity contribution in [3.63, 3.8) is 0 Å². The van der Waals surface area contributed by atoms with Crippen LogP contribution < -0.4 is 0 Å². The Kier molecular flexibility index (Phi) is 12.0. The average Bonchev–Trinajstić information content (AvgIpc) is 2.72. The average molecular weight is 501 g/mol. The van der Waals surface area contributed by atoms with Crippen LogP contribution in [0.25, 0.3) is 0 Å². The monoisotopic (exact) mass is 500 g/mol. The summed E-state index contributed by atoms with van der Waals surface area (Å²) in [7, 11) is -4.49. The van der Waals surface area contributed by atoms with E-state index in [0.717, 1.165) is 50.3 Å². The van der Waals surface area contributed by atoms with E-state index < -0.39 is 32.8 Å². The van der Waals surface area contributed by atoms with E-state index in [1.54, 1.807) is 0 Å². The Morgan fingerprint density at radius 2 is 1.55 bits per heavy atom. The normalized spacial score (nSPS) is 23.8. The molecule has 1 aliphatic heterocycles. The maximum Gasteiger partial charge on any atom is 0.333 e. The van der Waals surface area contributed by atoms with Gasteiger partial charge in [-0.15, -0.1) is 0 Å². The molecule has 1 rings (SSSR count). The van der Waals surface area contributed by atoms with E-state index in [4.69, 9.17) is 18.6 Å². The summed E-state index contributed by atoms with van der Waals surface area (Å²) < 4.78 is 24.0. The topological polar surface area (TPSA) is 71.1 Å². The van der Waals surface area contributed by atoms with E-state index in [1.807, 2.05) is 13.8 Å². The van der Waals surface area contributed by atoms with E-state index >= 15 is 0 Å². The molecule has 0 aromatic carbocycles. The molecule has 1 heterocycles. The molecule has 0 aromatic heterocycles. The highest BCUT2D eigenvalue weighted by Crippen LogP contribution is 2.45. The predicted molar refractivity (Wildman–Crippen MR) is 138 cm³/mol. The van der Waals surface area contributed by atoms with Gasteiger partial charge in [-0.25, -0.2) is 9.59 Å². The number of hydrogen-bond donors (Lipinski definition) is 0. The second kappa shape index (κ2) is 13.2. The third-order valence-electron chi connectivity index (χ3n) is 7.06. The summed E-state index contributed by atoms with van der Waals surface area (Å²) in [4.78, 5) is 24.7. The smallest absolute Gasteiger partial charge is 0.333 e. The Labute approximate surface area is 203 Å². The van der Waals surface area contributed by atoms with Gasteiger partial charge >= 0.3 is 11.9 Å². The van der Waals surface area contributed by atoms with Gasteiger partial charge in [-0.05, 0) is 59.2 Å². The zero-order valence-corrected chi connectivity index (χ0v) is 24.4. The van der Waals surface area contributed by atoms with Crippen molar-refractivity contribution < 1.29 is 28.2 Å². The second-order valence-electron chi connectivity index (χ2n) is 10.7. The molecular weight excluding hydrogens is 452 g/mol. The highest BCUT2D eigenvalue weighted by molar-refractivity contribution is 7.39. The van der Waals surface area contributed by atoms with E-state index in [0.29, 0.717) is 13.2 Å². The number of carbonyl (C=O) groups is 2. The summed E-state index contributed by atoms with van der Waals surface area (Å²) in [6.07, 6.45) is 10.8. The Morgan fingerprint density at radius 3 is 2.15 bits per heavy atom. The first-order chi connectivity index (χ1) is 15.3. The molecule has 0 radical (unpaired) electrons. The Hall–Kier alpha value is -0.966. The minimum Gasteiger partial charge on any atom is -0.463 e. The maximum absolute atomic E-state index is 12.7. The quantitative estimate of drug-likeness (QED) is 0.0925. The fourth-order valence-electron chi connectivity index (χ4n) is 4.54. The lowest BCUT2D eigenvalue weighted by molar-refractivity contribution is -0.188. The lowest BCUT2D eigenvalue weighted by Crippen LogP contribution is -2.76. The summed E-state index contributed by atoms with van der Waals surface area (Å²) >= 11 is 0. The highest BCUT2D eigenvalue weighted by atomic mass is 29.3. The van der Waals surface area contributed by atoms with Gasteiger partial charge in [0.05, 0.1) is 18.8 Å². The molecule has 2 atom stereocenters. The number of ether oxygens (including phenoxy) is 3. The molecule has 8 heteroatoms. The third-order valence-corrected chi connectivity index (χ3v) is 24.7. The maximum atomic E-state index is 12.7. The molecule has 0 saturated carbocycles. The number of unbranched alkanes of at least 4 members (excludes halogenated alkanes) is 5. The zero-order valence-electron chi connectivity index (χ0n) is 22.4. The van der Waals surface area contributed by atoms with Crippen LogP contribution in [0.15, 0.2) is 12.2 Å². The summed E-state index contributed by atoms with van der Waals surface area (Å²) in [5, 5.41) is 0. The summed E-state index contributed by atoms with van der Waals surface area (Å²) in [6, 6.07) is 0.969. The van der Waals surface area contributed by atoms with Crippen molar-refractivity contribution in [3.8, 4) is 0 Å². The van der Waals surface area contributed by atoms with Gasteiger partial charge in [-0.3, -0.25) is 0 Å². The number of hydrogen-bond acceptors (Lipinski definition) is 6. The number of carbonyl (C=O) groups excluding carboxylic acids is 2. The molecule has 1 saturated heterocycles. The van der Waals surface area contributed by atoms with Gasteiger partial charge in [-0.1, -0.05) is 52.5 Å². The van der Waals surface area contributed by atoms with Crippen molar-refractivity contribution >= 4 is 27.4 Å². The molecule has 0 N–H and O–H groups in total. The van der Waals surface area contributed by atoms with Gasteiger partial charge in [0.2, 0.25) is 0 Å². The van der Waals surface area contributed by atoms with E-state index in [2.05, 4.69) is 40.4 Å². The van der Waals surface area contributed by atoms with Crippen LogP contribution in [-0.4, -0.2) is 51.6 Å². The second-order valence-corrected chi connectivity index (χ2v) is 24.9. The standard InChI is InChI=1S/C25H48O6Si2/c1-9-11-12-13-14-15-20-28-22(26)16-17-23(27)30-25(5,29-19-10-2)33(8)21-18-24(3,4)31-32(33,6)7/h16-17H,9-15,18-21H2,1-8H3. The first kappa shape index (κ1) is 30.1. The van der Waals surface area contributed by atoms with Crippen molar-refractivity contribution in [2.45, 2.75) is 123 Å². The van der Waals surface area contributed by atoms with Gasteiger partial charge < -0.3 is 18.6 Å². The molecule has 192 valence electrons. The van der Waals surface area contributed by atoms with Crippen LogP contribution >= 0.6 is 0 Å². The minimum atomic E-state index is -2.30. The van der Waals surface area contributed by atoms with Crippen molar-refractivity contribution in [3.05, 3.63) is 12.2 Å². The fraction of sp³-hybridized carbons (Fsp3) is 0.840. The molecule has 0 aliphatic carbocycles. The molecule has 1 aliphatic rings. The third kappa shape index (κ3) is 8.96. The SMILES string of the molecule is CCCCCCCCOC(=O)C=CC(=O)OC(C)(OCCC)[Si]1(C)CCC(C)(C)O[Si]1(C)C.